The number of carboxylic acid groups (broad SMARTS) is 1. The Morgan fingerprint density at radius 1 is 1.09 bits per heavy atom. The van der Waals surface area contributed by atoms with E-state index in [0.29, 0.717) is 16.7 Å². The van der Waals surface area contributed by atoms with Crippen LogP contribution < -0.4 is 0 Å². The van der Waals surface area contributed by atoms with E-state index in [1.54, 1.807) is 0 Å². The lowest BCUT2D eigenvalue weighted by molar-refractivity contribution is -0.161. The molecule has 2 heteroatoms. The summed E-state index contributed by atoms with van der Waals surface area (Å²) in [4.78, 5) is 12.1. The summed E-state index contributed by atoms with van der Waals surface area (Å²) in [5, 5.41) is 9.96. The van der Waals surface area contributed by atoms with Gasteiger partial charge in [0.15, 0.2) is 0 Å². The van der Waals surface area contributed by atoms with E-state index in [1.165, 1.54) is 38.5 Å². The van der Waals surface area contributed by atoms with Gasteiger partial charge < -0.3 is 5.11 Å². The minimum absolute atomic E-state index is 0.378. The second kappa shape index (κ2) is 4.76. The van der Waals surface area contributed by atoms with Gasteiger partial charge in [-0.3, -0.25) is 4.79 Å². The molecular formula is C21H34O2. The fourth-order valence-electron chi connectivity index (χ4n) is 8.30. The Hall–Kier alpha value is -0.530. The van der Waals surface area contributed by atoms with Crippen molar-refractivity contribution in [3.63, 3.8) is 0 Å². The molecule has 4 fully saturated rings. The summed E-state index contributed by atoms with van der Waals surface area (Å²) >= 11 is 0. The summed E-state index contributed by atoms with van der Waals surface area (Å²) < 4.78 is 0. The molecule has 0 saturated heterocycles. The van der Waals surface area contributed by atoms with Gasteiger partial charge in [0.2, 0.25) is 0 Å². The molecule has 23 heavy (non-hydrogen) atoms. The van der Waals surface area contributed by atoms with Crippen molar-refractivity contribution in [2.75, 3.05) is 0 Å². The number of hydrogen-bond acceptors (Lipinski definition) is 1. The van der Waals surface area contributed by atoms with Crippen LogP contribution in [0.25, 0.3) is 0 Å². The van der Waals surface area contributed by atoms with Gasteiger partial charge in [-0.1, -0.05) is 27.2 Å². The van der Waals surface area contributed by atoms with Gasteiger partial charge >= 0.3 is 5.97 Å². The van der Waals surface area contributed by atoms with E-state index in [4.69, 9.17) is 0 Å². The molecule has 4 saturated carbocycles. The number of carboxylic acids is 1. The molecular weight excluding hydrogens is 284 g/mol. The van der Waals surface area contributed by atoms with Crippen LogP contribution in [-0.2, 0) is 4.79 Å². The highest BCUT2D eigenvalue weighted by molar-refractivity contribution is 5.75. The number of aliphatic carboxylic acids is 1. The third kappa shape index (κ3) is 1.69. The number of carbonyl (C=O) groups is 1. The fourth-order valence-corrected chi connectivity index (χ4v) is 8.30. The molecule has 0 amide bonds. The van der Waals surface area contributed by atoms with E-state index in [1.807, 2.05) is 0 Å². The van der Waals surface area contributed by atoms with Crippen LogP contribution in [0.2, 0.25) is 0 Å². The lowest BCUT2D eigenvalue weighted by atomic mass is 9.50. The molecule has 0 aromatic rings. The van der Waals surface area contributed by atoms with E-state index in [-0.39, 0.29) is 0 Å². The minimum atomic E-state index is -0.523. The predicted octanol–water partition coefficient (Wildman–Crippen LogP) is 5.37. The Balaban J connectivity index is 1.69. The van der Waals surface area contributed by atoms with Gasteiger partial charge in [0.25, 0.3) is 0 Å². The van der Waals surface area contributed by atoms with Crippen LogP contribution in [0.15, 0.2) is 0 Å². The summed E-state index contributed by atoms with van der Waals surface area (Å²) in [6.45, 7) is 9.33. The van der Waals surface area contributed by atoms with Crippen LogP contribution in [0.3, 0.4) is 0 Å². The molecule has 4 aliphatic rings. The van der Waals surface area contributed by atoms with Crippen LogP contribution >= 0.6 is 0 Å². The zero-order valence-corrected chi connectivity index (χ0v) is 15.4. The van der Waals surface area contributed by atoms with E-state index >= 15 is 0 Å². The maximum absolute atomic E-state index is 12.1. The second-order valence-electron chi connectivity index (χ2n) is 9.98. The van der Waals surface area contributed by atoms with Crippen molar-refractivity contribution in [1.29, 1.82) is 0 Å². The third-order valence-electron chi connectivity index (χ3n) is 9.49. The molecule has 4 aliphatic carbocycles. The molecule has 0 aromatic heterocycles. The molecule has 4 rings (SSSR count). The van der Waals surface area contributed by atoms with Gasteiger partial charge in [0.05, 0.1) is 5.41 Å². The van der Waals surface area contributed by atoms with Crippen molar-refractivity contribution in [3.05, 3.63) is 0 Å². The first-order chi connectivity index (χ1) is 10.8. The molecule has 130 valence electrons. The molecule has 0 aliphatic heterocycles. The topological polar surface area (TPSA) is 37.3 Å². The van der Waals surface area contributed by atoms with E-state index in [0.717, 1.165) is 36.5 Å². The highest BCUT2D eigenvalue weighted by atomic mass is 16.4. The maximum atomic E-state index is 12.1. The lowest BCUT2D eigenvalue weighted by Crippen LogP contribution is -2.50. The first kappa shape index (κ1) is 16.0. The van der Waals surface area contributed by atoms with Crippen molar-refractivity contribution in [1.82, 2.24) is 0 Å². The summed E-state index contributed by atoms with van der Waals surface area (Å²) in [5.41, 5.74) is 0.428. The first-order valence-electron chi connectivity index (χ1n) is 10.0. The van der Waals surface area contributed by atoms with Gasteiger partial charge in [-0.25, -0.2) is 0 Å². The number of hydrogen-bond donors (Lipinski definition) is 1. The van der Waals surface area contributed by atoms with Crippen molar-refractivity contribution >= 4 is 5.97 Å². The van der Waals surface area contributed by atoms with E-state index in [9.17, 15) is 9.90 Å². The molecule has 7 unspecified atom stereocenters. The quantitative estimate of drug-likeness (QED) is 0.743. The van der Waals surface area contributed by atoms with Crippen LogP contribution in [0.5, 0.6) is 0 Å². The highest BCUT2D eigenvalue weighted by Gasteiger charge is 2.82. The average Bonchev–Trinajstić information content (AvgIpc) is 3.03. The summed E-state index contributed by atoms with van der Waals surface area (Å²) in [6, 6.07) is 0. The molecule has 2 nitrogen and oxygen atoms in total. The standard InChI is InChI=1S/C21H34O2/c1-13(2)15-8-11-20-14(3)21(20)10-5-9-19(4,18(22)23)17(21)7-6-16(20)12-15/h13-17H,5-12H2,1-4H3,(H,22,23). The van der Waals surface area contributed by atoms with Gasteiger partial charge in [0, 0.05) is 0 Å². The molecule has 7 atom stereocenters. The van der Waals surface area contributed by atoms with Gasteiger partial charge in [0.1, 0.15) is 0 Å². The average molecular weight is 319 g/mol. The SMILES string of the molecule is CC(C)C1CCC23C(CCC4C(C)(C(=O)O)CCCC42C3C)C1. The molecule has 0 radical (unpaired) electrons. The van der Waals surface area contributed by atoms with Crippen LogP contribution in [-0.4, -0.2) is 11.1 Å². The first-order valence-corrected chi connectivity index (χ1v) is 10.0. The Labute approximate surface area is 141 Å². The highest BCUT2D eigenvalue weighted by Crippen LogP contribution is 2.87. The van der Waals surface area contributed by atoms with Gasteiger partial charge in [-0.05, 0) is 92.3 Å². The fraction of sp³-hybridized carbons (Fsp3) is 0.952. The molecule has 0 heterocycles. The van der Waals surface area contributed by atoms with Gasteiger partial charge in [-0.2, -0.15) is 0 Å². The van der Waals surface area contributed by atoms with E-state index < -0.39 is 11.4 Å². The van der Waals surface area contributed by atoms with Crippen molar-refractivity contribution in [3.8, 4) is 0 Å². The minimum Gasteiger partial charge on any atom is -0.481 e. The zero-order valence-electron chi connectivity index (χ0n) is 15.4. The Morgan fingerprint density at radius 2 is 1.83 bits per heavy atom. The molecule has 1 N–H and O–H groups in total. The molecule has 2 spiro atoms. The normalized spacial score (nSPS) is 54.8. The van der Waals surface area contributed by atoms with Crippen molar-refractivity contribution < 1.29 is 9.90 Å². The zero-order chi connectivity index (χ0) is 16.6. The third-order valence-corrected chi connectivity index (χ3v) is 9.49. The predicted molar refractivity (Wildman–Crippen MR) is 92.0 cm³/mol. The Morgan fingerprint density at radius 3 is 2.48 bits per heavy atom. The lowest BCUT2D eigenvalue weighted by Gasteiger charge is -2.54. The van der Waals surface area contributed by atoms with Crippen LogP contribution in [0.4, 0.5) is 0 Å². The van der Waals surface area contributed by atoms with Crippen LogP contribution in [0.1, 0.15) is 79.1 Å². The summed E-state index contributed by atoms with van der Waals surface area (Å²) in [6.07, 6.45) is 9.99. The smallest absolute Gasteiger partial charge is 0.309 e. The second-order valence-corrected chi connectivity index (χ2v) is 9.98. The molecule has 0 aromatic carbocycles. The van der Waals surface area contributed by atoms with Crippen LogP contribution in [0, 0.1) is 45.8 Å². The Kier molecular flexibility index (Phi) is 3.30. The van der Waals surface area contributed by atoms with E-state index in [2.05, 4.69) is 27.7 Å². The van der Waals surface area contributed by atoms with Crippen molar-refractivity contribution in [2.45, 2.75) is 79.1 Å². The number of rotatable bonds is 2. The monoisotopic (exact) mass is 318 g/mol. The summed E-state index contributed by atoms with van der Waals surface area (Å²) in [5.74, 6) is 3.27. The summed E-state index contributed by atoms with van der Waals surface area (Å²) in [7, 11) is 0. The Bertz CT molecular complexity index is 526. The maximum Gasteiger partial charge on any atom is 0.309 e. The largest absolute Gasteiger partial charge is 0.481 e. The van der Waals surface area contributed by atoms with Crippen molar-refractivity contribution in [2.24, 2.45) is 45.8 Å². The van der Waals surface area contributed by atoms with Gasteiger partial charge in [-0.15, -0.1) is 0 Å². The molecule has 0 bridgehead atoms.